The van der Waals surface area contributed by atoms with E-state index in [2.05, 4.69) is 5.32 Å². The highest BCUT2D eigenvalue weighted by atomic mass is 32.2. The lowest BCUT2D eigenvalue weighted by molar-refractivity contribution is -0.140. The normalized spacial score (nSPS) is 28.3. The molecule has 0 aromatic rings. The molecule has 2 atom stereocenters. The van der Waals surface area contributed by atoms with E-state index in [-0.39, 0.29) is 35.7 Å². The van der Waals surface area contributed by atoms with Crippen LogP contribution in [0, 0.1) is 11.8 Å². The van der Waals surface area contributed by atoms with Gasteiger partial charge >= 0.3 is 0 Å². The molecule has 0 saturated carbocycles. The molecule has 0 aromatic carbocycles. The number of nitrogens with zero attached hydrogens (tertiary/aromatic N) is 1. The van der Waals surface area contributed by atoms with Crippen LogP contribution >= 0.6 is 0 Å². The van der Waals surface area contributed by atoms with Crippen LogP contribution < -0.4 is 5.32 Å². The third kappa shape index (κ3) is 5.19. The van der Waals surface area contributed by atoms with Crippen LogP contribution in [0.2, 0.25) is 0 Å². The Kier molecular flexibility index (Phi) is 6.06. The summed E-state index contributed by atoms with van der Waals surface area (Å²) in [6.45, 7) is 5.23. The van der Waals surface area contributed by atoms with Gasteiger partial charge in [0.05, 0.1) is 11.5 Å². The Morgan fingerprint density at radius 2 is 2.09 bits per heavy atom. The van der Waals surface area contributed by atoms with Gasteiger partial charge in [-0.1, -0.05) is 13.8 Å². The summed E-state index contributed by atoms with van der Waals surface area (Å²) in [5.74, 6) is 0.394. The van der Waals surface area contributed by atoms with Crippen LogP contribution in [0.1, 0.15) is 46.0 Å². The lowest BCUT2D eigenvalue weighted by Crippen LogP contribution is -2.48. The van der Waals surface area contributed by atoms with Crippen molar-refractivity contribution in [3.8, 4) is 0 Å². The molecule has 0 spiro atoms. The summed E-state index contributed by atoms with van der Waals surface area (Å²) < 4.78 is 23.5. The number of nitrogens with one attached hydrogen (secondary N) is 1. The van der Waals surface area contributed by atoms with Gasteiger partial charge in [-0.2, -0.15) is 0 Å². The van der Waals surface area contributed by atoms with Crippen molar-refractivity contribution >= 4 is 21.7 Å². The zero-order chi connectivity index (χ0) is 17.0. The van der Waals surface area contributed by atoms with Gasteiger partial charge in [0.15, 0.2) is 9.84 Å². The Hall–Kier alpha value is -1.11. The lowest BCUT2D eigenvalue weighted by Gasteiger charge is -2.31. The molecular formula is C16H28N2O4S. The first kappa shape index (κ1) is 18.2. The summed E-state index contributed by atoms with van der Waals surface area (Å²) >= 11 is 0. The average Bonchev–Trinajstić information content (AvgIpc) is 2.60. The van der Waals surface area contributed by atoms with Crippen LogP contribution in [-0.2, 0) is 19.4 Å². The van der Waals surface area contributed by atoms with Crippen molar-refractivity contribution in [1.82, 2.24) is 10.2 Å². The van der Waals surface area contributed by atoms with Crippen molar-refractivity contribution in [3.05, 3.63) is 0 Å². The zero-order valence-electron chi connectivity index (χ0n) is 14.1. The quantitative estimate of drug-likeness (QED) is 0.823. The Labute approximate surface area is 138 Å². The molecule has 2 heterocycles. The standard InChI is InChI=1S/C16H28N2O4S/c1-12(2)9-14-16(20)17-6-4-7-18(14)15(19)10-13-5-3-8-23(21,22)11-13/h12-14H,3-11H2,1-2H3,(H,17,20). The molecule has 23 heavy (non-hydrogen) atoms. The van der Waals surface area contributed by atoms with Crippen LogP contribution in [0.15, 0.2) is 0 Å². The Morgan fingerprint density at radius 3 is 2.74 bits per heavy atom. The molecule has 2 fully saturated rings. The highest BCUT2D eigenvalue weighted by Crippen LogP contribution is 2.24. The first-order valence-electron chi connectivity index (χ1n) is 8.56. The first-order valence-corrected chi connectivity index (χ1v) is 10.4. The second kappa shape index (κ2) is 7.64. The van der Waals surface area contributed by atoms with Crippen molar-refractivity contribution in [1.29, 1.82) is 0 Å². The fourth-order valence-corrected chi connectivity index (χ4v) is 5.27. The smallest absolute Gasteiger partial charge is 0.242 e. The second-order valence-corrected chi connectivity index (χ2v) is 9.43. The van der Waals surface area contributed by atoms with Gasteiger partial charge < -0.3 is 10.2 Å². The monoisotopic (exact) mass is 344 g/mol. The third-order valence-corrected chi connectivity index (χ3v) is 6.48. The number of hydrogen-bond acceptors (Lipinski definition) is 4. The van der Waals surface area contributed by atoms with Gasteiger partial charge in [-0.3, -0.25) is 9.59 Å². The van der Waals surface area contributed by atoms with E-state index in [4.69, 9.17) is 0 Å². The molecule has 2 aliphatic rings. The van der Waals surface area contributed by atoms with Gasteiger partial charge in [0.25, 0.3) is 0 Å². The van der Waals surface area contributed by atoms with E-state index in [1.54, 1.807) is 4.90 Å². The summed E-state index contributed by atoms with van der Waals surface area (Å²) in [6, 6.07) is -0.426. The van der Waals surface area contributed by atoms with E-state index in [0.717, 1.165) is 12.8 Å². The zero-order valence-corrected chi connectivity index (χ0v) is 14.9. The molecular weight excluding hydrogens is 316 g/mol. The molecule has 0 radical (unpaired) electrons. The average molecular weight is 344 g/mol. The van der Waals surface area contributed by atoms with Gasteiger partial charge in [-0.25, -0.2) is 8.42 Å². The van der Waals surface area contributed by atoms with E-state index in [9.17, 15) is 18.0 Å². The molecule has 0 bridgehead atoms. The van der Waals surface area contributed by atoms with Crippen molar-refractivity contribution in [2.45, 2.75) is 52.0 Å². The van der Waals surface area contributed by atoms with E-state index in [0.29, 0.717) is 31.8 Å². The number of rotatable bonds is 4. The molecule has 2 saturated heterocycles. The topological polar surface area (TPSA) is 83.6 Å². The minimum absolute atomic E-state index is 0.0743. The van der Waals surface area contributed by atoms with Gasteiger partial charge in [-0.05, 0) is 37.5 Å². The Morgan fingerprint density at radius 1 is 1.35 bits per heavy atom. The molecule has 6 nitrogen and oxygen atoms in total. The largest absolute Gasteiger partial charge is 0.354 e. The molecule has 1 N–H and O–H groups in total. The minimum Gasteiger partial charge on any atom is -0.354 e. The van der Waals surface area contributed by atoms with Crippen molar-refractivity contribution in [2.75, 3.05) is 24.6 Å². The maximum Gasteiger partial charge on any atom is 0.242 e. The number of carbonyl (C=O) groups excluding carboxylic acids is 2. The predicted octanol–water partition coefficient (Wildman–Crippen LogP) is 0.965. The summed E-state index contributed by atoms with van der Waals surface area (Å²) in [5.41, 5.74) is 0. The predicted molar refractivity (Wildman–Crippen MR) is 88.6 cm³/mol. The number of carbonyl (C=O) groups is 2. The van der Waals surface area contributed by atoms with Gasteiger partial charge in [-0.15, -0.1) is 0 Å². The maximum atomic E-state index is 12.7. The molecule has 2 rings (SSSR count). The van der Waals surface area contributed by atoms with Gasteiger partial charge in [0.2, 0.25) is 11.8 Å². The third-order valence-electron chi connectivity index (χ3n) is 4.59. The van der Waals surface area contributed by atoms with E-state index in [1.807, 2.05) is 13.8 Å². The summed E-state index contributed by atoms with van der Waals surface area (Å²) in [6.07, 6.45) is 3.03. The van der Waals surface area contributed by atoms with E-state index >= 15 is 0 Å². The first-order chi connectivity index (χ1) is 10.8. The SMILES string of the molecule is CC(C)CC1C(=O)NCCCN1C(=O)CC1CCCS(=O)(=O)C1. The van der Waals surface area contributed by atoms with Crippen LogP contribution in [0.3, 0.4) is 0 Å². The molecule has 7 heteroatoms. The maximum absolute atomic E-state index is 12.7. The van der Waals surface area contributed by atoms with Crippen LogP contribution in [0.4, 0.5) is 0 Å². The fourth-order valence-electron chi connectivity index (χ4n) is 3.50. The molecule has 132 valence electrons. The lowest BCUT2D eigenvalue weighted by atomic mass is 9.98. The summed E-state index contributed by atoms with van der Waals surface area (Å²) in [4.78, 5) is 26.7. The Bertz CT molecular complexity index is 544. The fraction of sp³-hybridized carbons (Fsp3) is 0.875. The summed E-state index contributed by atoms with van der Waals surface area (Å²) in [7, 11) is -3.01. The molecule has 2 unspecified atom stereocenters. The summed E-state index contributed by atoms with van der Waals surface area (Å²) in [5, 5.41) is 2.87. The van der Waals surface area contributed by atoms with Crippen molar-refractivity contribution in [3.63, 3.8) is 0 Å². The van der Waals surface area contributed by atoms with Crippen molar-refractivity contribution in [2.24, 2.45) is 11.8 Å². The number of amides is 2. The van der Waals surface area contributed by atoms with E-state index in [1.165, 1.54) is 0 Å². The molecule has 2 amide bonds. The van der Waals surface area contributed by atoms with Crippen molar-refractivity contribution < 1.29 is 18.0 Å². The molecule has 0 aromatic heterocycles. The minimum atomic E-state index is -3.01. The highest BCUT2D eigenvalue weighted by molar-refractivity contribution is 7.91. The highest BCUT2D eigenvalue weighted by Gasteiger charge is 2.34. The second-order valence-electron chi connectivity index (χ2n) is 7.20. The van der Waals surface area contributed by atoms with Crippen LogP contribution in [-0.4, -0.2) is 55.8 Å². The molecule has 2 aliphatic heterocycles. The van der Waals surface area contributed by atoms with Crippen LogP contribution in [0.5, 0.6) is 0 Å². The van der Waals surface area contributed by atoms with Crippen LogP contribution in [0.25, 0.3) is 0 Å². The number of hydrogen-bond donors (Lipinski definition) is 1. The number of sulfone groups is 1. The molecule has 0 aliphatic carbocycles. The van der Waals surface area contributed by atoms with E-state index < -0.39 is 15.9 Å². The van der Waals surface area contributed by atoms with Gasteiger partial charge in [0, 0.05) is 19.5 Å². The Balaban J connectivity index is 2.06. The van der Waals surface area contributed by atoms with Gasteiger partial charge in [0.1, 0.15) is 6.04 Å².